The first-order valence-corrected chi connectivity index (χ1v) is 6.35. The Balaban J connectivity index is 1.85. The second-order valence-corrected chi connectivity index (χ2v) is 4.76. The van der Waals surface area contributed by atoms with Crippen LogP contribution in [0.5, 0.6) is 0 Å². The van der Waals surface area contributed by atoms with E-state index in [0.717, 1.165) is 25.2 Å². The lowest BCUT2D eigenvalue weighted by atomic mass is 10.2. The van der Waals surface area contributed by atoms with Gasteiger partial charge in [-0.1, -0.05) is 0 Å². The first-order valence-electron chi connectivity index (χ1n) is 6.35. The van der Waals surface area contributed by atoms with Crippen LogP contribution in [-0.2, 0) is 27.1 Å². The fourth-order valence-electron chi connectivity index (χ4n) is 2.11. The van der Waals surface area contributed by atoms with Gasteiger partial charge in [0.15, 0.2) is 0 Å². The third kappa shape index (κ3) is 3.04. The lowest BCUT2D eigenvalue weighted by Gasteiger charge is -2.04. The van der Waals surface area contributed by atoms with E-state index >= 15 is 0 Å². The van der Waals surface area contributed by atoms with E-state index < -0.39 is 0 Å². The standard InChI is InChI=1S/C14H19N5/c1-11-13(6-14(7-15)19(11)3)9-16-5-4-12-8-17-18(2)10-12/h6,8,10,16H,4-5,9H2,1-3H3. The number of aromatic nitrogens is 3. The molecule has 0 aliphatic carbocycles. The minimum atomic E-state index is 0.710. The van der Waals surface area contributed by atoms with Gasteiger partial charge in [0.2, 0.25) is 0 Å². The van der Waals surface area contributed by atoms with E-state index in [4.69, 9.17) is 5.26 Å². The molecule has 0 saturated heterocycles. The Morgan fingerprint density at radius 2 is 2.21 bits per heavy atom. The molecule has 2 heterocycles. The lowest BCUT2D eigenvalue weighted by molar-refractivity contribution is 0.681. The average Bonchev–Trinajstić information content (AvgIpc) is 2.92. The van der Waals surface area contributed by atoms with Crippen molar-refractivity contribution < 1.29 is 0 Å². The van der Waals surface area contributed by atoms with Gasteiger partial charge < -0.3 is 9.88 Å². The molecule has 2 aromatic rings. The summed E-state index contributed by atoms with van der Waals surface area (Å²) in [5.41, 5.74) is 4.27. The van der Waals surface area contributed by atoms with Gasteiger partial charge in [-0.15, -0.1) is 0 Å². The normalized spacial score (nSPS) is 10.6. The maximum Gasteiger partial charge on any atom is 0.120 e. The average molecular weight is 257 g/mol. The van der Waals surface area contributed by atoms with E-state index in [1.807, 2.05) is 48.7 Å². The molecule has 0 atom stereocenters. The number of rotatable bonds is 5. The summed E-state index contributed by atoms with van der Waals surface area (Å²) in [6.07, 6.45) is 4.89. The quantitative estimate of drug-likeness (QED) is 0.821. The third-order valence-corrected chi connectivity index (χ3v) is 3.42. The van der Waals surface area contributed by atoms with Crippen molar-refractivity contribution in [3.05, 3.63) is 41.0 Å². The number of hydrogen-bond acceptors (Lipinski definition) is 3. The predicted octanol–water partition coefficient (Wildman–Crippen LogP) is 1.27. The van der Waals surface area contributed by atoms with Crippen LogP contribution in [0, 0.1) is 18.3 Å². The summed E-state index contributed by atoms with van der Waals surface area (Å²) in [4.78, 5) is 0. The molecule has 0 radical (unpaired) electrons. The molecule has 0 unspecified atom stereocenters. The fraction of sp³-hybridized carbons (Fsp3) is 0.429. The molecule has 0 aliphatic rings. The fourth-order valence-corrected chi connectivity index (χ4v) is 2.11. The Kier molecular flexibility index (Phi) is 4.03. The molecule has 0 saturated carbocycles. The molecule has 100 valence electrons. The van der Waals surface area contributed by atoms with Gasteiger partial charge in [-0.05, 0) is 37.1 Å². The molecule has 1 N–H and O–H groups in total. The van der Waals surface area contributed by atoms with Gasteiger partial charge in [-0.25, -0.2) is 0 Å². The Bertz CT molecular complexity index is 600. The van der Waals surface area contributed by atoms with Gasteiger partial charge in [-0.2, -0.15) is 10.4 Å². The molecule has 0 spiro atoms. The zero-order chi connectivity index (χ0) is 13.8. The molecule has 2 rings (SSSR count). The lowest BCUT2D eigenvalue weighted by Crippen LogP contribution is -2.16. The van der Waals surface area contributed by atoms with Gasteiger partial charge in [0.25, 0.3) is 0 Å². The zero-order valence-corrected chi connectivity index (χ0v) is 11.6. The second-order valence-electron chi connectivity index (χ2n) is 4.76. The summed E-state index contributed by atoms with van der Waals surface area (Å²) < 4.78 is 3.74. The smallest absolute Gasteiger partial charge is 0.120 e. The molecule has 2 aromatic heterocycles. The highest BCUT2D eigenvalue weighted by Crippen LogP contribution is 2.12. The van der Waals surface area contributed by atoms with Crippen LogP contribution < -0.4 is 5.32 Å². The van der Waals surface area contributed by atoms with Gasteiger partial charge >= 0.3 is 0 Å². The highest BCUT2D eigenvalue weighted by atomic mass is 15.2. The first kappa shape index (κ1) is 13.4. The Morgan fingerprint density at radius 3 is 2.79 bits per heavy atom. The molecule has 0 aliphatic heterocycles. The molecule has 19 heavy (non-hydrogen) atoms. The molecule has 5 heteroatoms. The van der Waals surface area contributed by atoms with Crippen LogP contribution in [0.2, 0.25) is 0 Å². The van der Waals surface area contributed by atoms with Crippen LogP contribution in [-0.4, -0.2) is 20.9 Å². The topological polar surface area (TPSA) is 58.6 Å². The minimum Gasteiger partial charge on any atom is -0.340 e. The summed E-state index contributed by atoms with van der Waals surface area (Å²) >= 11 is 0. The van der Waals surface area contributed by atoms with Crippen LogP contribution in [0.25, 0.3) is 0 Å². The summed E-state index contributed by atoms with van der Waals surface area (Å²) in [5.74, 6) is 0. The van der Waals surface area contributed by atoms with E-state index in [9.17, 15) is 0 Å². The van der Waals surface area contributed by atoms with Crippen molar-refractivity contribution >= 4 is 0 Å². The SMILES string of the molecule is Cc1c(CNCCc2cnn(C)c2)cc(C#N)n1C. The van der Waals surface area contributed by atoms with Gasteiger partial charge in [-0.3, -0.25) is 4.68 Å². The number of nitrogens with one attached hydrogen (secondary N) is 1. The van der Waals surface area contributed by atoms with E-state index in [0.29, 0.717) is 5.69 Å². The minimum absolute atomic E-state index is 0.710. The maximum atomic E-state index is 8.98. The zero-order valence-electron chi connectivity index (χ0n) is 11.6. The maximum absolute atomic E-state index is 8.98. The largest absolute Gasteiger partial charge is 0.340 e. The third-order valence-electron chi connectivity index (χ3n) is 3.42. The van der Waals surface area contributed by atoms with E-state index in [2.05, 4.69) is 16.5 Å². The second kappa shape index (κ2) is 5.72. The summed E-state index contributed by atoms with van der Waals surface area (Å²) in [6.45, 7) is 3.74. The molecule has 0 fully saturated rings. The van der Waals surface area contributed by atoms with Crippen LogP contribution in [0.4, 0.5) is 0 Å². The highest BCUT2D eigenvalue weighted by molar-refractivity contribution is 5.34. The Morgan fingerprint density at radius 1 is 1.42 bits per heavy atom. The van der Waals surface area contributed by atoms with Crippen LogP contribution >= 0.6 is 0 Å². The molecule has 0 aromatic carbocycles. The molecule has 5 nitrogen and oxygen atoms in total. The van der Waals surface area contributed by atoms with Crippen molar-refractivity contribution in [1.82, 2.24) is 19.7 Å². The van der Waals surface area contributed by atoms with E-state index in [1.165, 1.54) is 11.1 Å². The number of aryl methyl sites for hydroxylation is 1. The number of hydrogen-bond donors (Lipinski definition) is 1. The predicted molar refractivity (Wildman–Crippen MR) is 73.5 cm³/mol. The summed E-state index contributed by atoms with van der Waals surface area (Å²) in [5, 5.41) is 16.5. The monoisotopic (exact) mass is 257 g/mol. The van der Waals surface area contributed by atoms with Crippen molar-refractivity contribution in [3.63, 3.8) is 0 Å². The molecular formula is C14H19N5. The molecule has 0 bridgehead atoms. The van der Waals surface area contributed by atoms with Crippen LogP contribution in [0.1, 0.15) is 22.5 Å². The van der Waals surface area contributed by atoms with Crippen molar-refractivity contribution in [1.29, 1.82) is 5.26 Å². The van der Waals surface area contributed by atoms with E-state index in [1.54, 1.807) is 0 Å². The Hall–Kier alpha value is -2.06. The number of nitriles is 1. The molecular weight excluding hydrogens is 238 g/mol. The summed E-state index contributed by atoms with van der Waals surface area (Å²) in [6, 6.07) is 4.15. The molecule has 0 amide bonds. The van der Waals surface area contributed by atoms with Crippen molar-refractivity contribution in [2.24, 2.45) is 14.1 Å². The van der Waals surface area contributed by atoms with E-state index in [-0.39, 0.29) is 0 Å². The van der Waals surface area contributed by atoms with Crippen LogP contribution in [0.15, 0.2) is 18.5 Å². The highest BCUT2D eigenvalue weighted by Gasteiger charge is 2.07. The van der Waals surface area contributed by atoms with Crippen molar-refractivity contribution in [2.45, 2.75) is 19.9 Å². The van der Waals surface area contributed by atoms with Crippen LogP contribution in [0.3, 0.4) is 0 Å². The van der Waals surface area contributed by atoms with Gasteiger partial charge in [0, 0.05) is 32.5 Å². The van der Waals surface area contributed by atoms with Crippen molar-refractivity contribution in [3.8, 4) is 6.07 Å². The number of nitrogens with zero attached hydrogens (tertiary/aromatic N) is 4. The van der Waals surface area contributed by atoms with Gasteiger partial charge in [0.1, 0.15) is 11.8 Å². The van der Waals surface area contributed by atoms with Crippen molar-refractivity contribution in [2.75, 3.05) is 6.54 Å². The Labute approximate surface area is 113 Å². The first-order chi connectivity index (χ1) is 9.11. The van der Waals surface area contributed by atoms with Gasteiger partial charge in [0.05, 0.1) is 6.20 Å². The summed E-state index contributed by atoms with van der Waals surface area (Å²) in [7, 11) is 3.85.